The zero-order chi connectivity index (χ0) is 10.8. The number of hydrogen-bond acceptors (Lipinski definition) is 2. The molecular weight excluding hydrogens is 210 g/mol. The number of aromatic nitrogens is 2. The first-order chi connectivity index (χ1) is 7.16. The fraction of sp³-hybridized carbons (Fsp3) is 0.0909. The number of rotatable bonds is 2. The monoisotopic (exact) mass is 219 g/mol. The molecule has 0 aliphatic heterocycles. The van der Waals surface area contributed by atoms with E-state index in [2.05, 4.69) is 5.10 Å². The number of nitrogens with one attached hydrogen (secondary N) is 1. The summed E-state index contributed by atoms with van der Waals surface area (Å²) in [6, 6.07) is 7.27. The van der Waals surface area contributed by atoms with Gasteiger partial charge < -0.3 is 0 Å². The Labute approximate surface area is 92.8 Å². The van der Waals surface area contributed by atoms with E-state index in [-0.39, 0.29) is 0 Å². The minimum atomic E-state index is 0.436. The fourth-order valence-corrected chi connectivity index (χ4v) is 1.55. The standard InChI is InChI=1S/C11H10ClN3/c1-15-7-9(6-14-15)11(13)8-3-2-4-10(12)5-8/h2-7,13H,1H3. The summed E-state index contributed by atoms with van der Waals surface area (Å²) in [7, 11) is 1.83. The molecule has 2 aromatic rings. The van der Waals surface area contributed by atoms with E-state index < -0.39 is 0 Å². The van der Waals surface area contributed by atoms with E-state index in [1.54, 1.807) is 23.0 Å². The minimum Gasteiger partial charge on any atom is -0.300 e. The van der Waals surface area contributed by atoms with E-state index in [1.165, 1.54) is 0 Å². The summed E-state index contributed by atoms with van der Waals surface area (Å²) < 4.78 is 1.68. The molecule has 2 rings (SSSR count). The number of nitrogens with zero attached hydrogens (tertiary/aromatic N) is 2. The predicted octanol–water partition coefficient (Wildman–Crippen LogP) is 2.49. The van der Waals surface area contributed by atoms with Crippen molar-refractivity contribution in [3.05, 3.63) is 52.8 Å². The zero-order valence-electron chi connectivity index (χ0n) is 8.24. The van der Waals surface area contributed by atoms with Crippen LogP contribution in [-0.4, -0.2) is 15.5 Å². The van der Waals surface area contributed by atoms with Crippen molar-refractivity contribution in [2.24, 2.45) is 7.05 Å². The van der Waals surface area contributed by atoms with Crippen LogP contribution in [0.2, 0.25) is 5.02 Å². The zero-order valence-corrected chi connectivity index (χ0v) is 8.99. The van der Waals surface area contributed by atoms with Crippen molar-refractivity contribution < 1.29 is 0 Å². The number of benzene rings is 1. The molecule has 0 spiro atoms. The Morgan fingerprint density at radius 1 is 1.40 bits per heavy atom. The van der Waals surface area contributed by atoms with Gasteiger partial charge in [0.2, 0.25) is 0 Å². The van der Waals surface area contributed by atoms with Gasteiger partial charge in [-0.1, -0.05) is 23.7 Å². The van der Waals surface area contributed by atoms with Crippen LogP contribution in [0.15, 0.2) is 36.7 Å². The third-order valence-corrected chi connectivity index (χ3v) is 2.34. The van der Waals surface area contributed by atoms with Gasteiger partial charge in [0.1, 0.15) is 0 Å². The topological polar surface area (TPSA) is 41.7 Å². The van der Waals surface area contributed by atoms with Gasteiger partial charge in [0.15, 0.2) is 0 Å². The Morgan fingerprint density at radius 3 is 2.80 bits per heavy atom. The average Bonchev–Trinajstić information content (AvgIpc) is 2.64. The molecule has 1 aromatic heterocycles. The molecule has 0 atom stereocenters. The van der Waals surface area contributed by atoms with Gasteiger partial charge in [-0.2, -0.15) is 5.10 Å². The molecule has 0 aliphatic carbocycles. The second kappa shape index (κ2) is 3.87. The molecule has 0 radical (unpaired) electrons. The van der Waals surface area contributed by atoms with Gasteiger partial charge in [-0.15, -0.1) is 0 Å². The Bertz CT molecular complexity index is 502. The summed E-state index contributed by atoms with van der Waals surface area (Å²) in [4.78, 5) is 0. The van der Waals surface area contributed by atoms with Crippen molar-refractivity contribution in [1.29, 1.82) is 5.41 Å². The van der Waals surface area contributed by atoms with Crippen LogP contribution in [0.3, 0.4) is 0 Å². The van der Waals surface area contributed by atoms with Crippen molar-refractivity contribution >= 4 is 17.3 Å². The molecule has 1 N–H and O–H groups in total. The minimum absolute atomic E-state index is 0.436. The Balaban J connectivity index is 2.36. The molecule has 0 bridgehead atoms. The van der Waals surface area contributed by atoms with Gasteiger partial charge in [0.25, 0.3) is 0 Å². The highest BCUT2D eigenvalue weighted by atomic mass is 35.5. The van der Waals surface area contributed by atoms with Crippen LogP contribution < -0.4 is 0 Å². The second-order valence-electron chi connectivity index (χ2n) is 3.29. The first kappa shape index (κ1) is 9.93. The second-order valence-corrected chi connectivity index (χ2v) is 3.72. The molecule has 76 valence electrons. The van der Waals surface area contributed by atoms with Gasteiger partial charge in [-0.3, -0.25) is 10.1 Å². The normalized spacial score (nSPS) is 10.3. The maximum absolute atomic E-state index is 7.97. The molecule has 0 amide bonds. The smallest absolute Gasteiger partial charge is 0.0716 e. The van der Waals surface area contributed by atoms with Gasteiger partial charge in [0.05, 0.1) is 11.9 Å². The van der Waals surface area contributed by atoms with Crippen LogP contribution in [0.1, 0.15) is 11.1 Å². The Morgan fingerprint density at radius 2 is 2.20 bits per heavy atom. The quantitative estimate of drug-likeness (QED) is 0.775. The molecule has 0 aliphatic rings. The molecule has 1 aromatic carbocycles. The fourth-order valence-electron chi connectivity index (χ4n) is 1.36. The Kier molecular flexibility index (Phi) is 2.56. The van der Waals surface area contributed by atoms with Crippen LogP contribution >= 0.6 is 11.6 Å². The summed E-state index contributed by atoms with van der Waals surface area (Å²) in [5.74, 6) is 0. The number of aryl methyl sites for hydroxylation is 1. The van der Waals surface area contributed by atoms with E-state index in [0.29, 0.717) is 10.7 Å². The Hall–Kier alpha value is -1.61. The SMILES string of the molecule is Cn1cc(C(=N)c2cccc(Cl)c2)cn1. The van der Waals surface area contributed by atoms with Crippen molar-refractivity contribution in [2.75, 3.05) is 0 Å². The molecule has 4 heteroatoms. The highest BCUT2D eigenvalue weighted by Crippen LogP contribution is 2.14. The average molecular weight is 220 g/mol. The molecule has 0 saturated carbocycles. The molecule has 3 nitrogen and oxygen atoms in total. The maximum atomic E-state index is 7.97. The van der Waals surface area contributed by atoms with E-state index in [0.717, 1.165) is 11.1 Å². The van der Waals surface area contributed by atoms with Crippen LogP contribution in [0.25, 0.3) is 0 Å². The molecule has 0 saturated heterocycles. The van der Waals surface area contributed by atoms with Crippen LogP contribution in [0, 0.1) is 5.41 Å². The third-order valence-electron chi connectivity index (χ3n) is 2.11. The van der Waals surface area contributed by atoms with Crippen LogP contribution in [0.5, 0.6) is 0 Å². The van der Waals surface area contributed by atoms with Crippen molar-refractivity contribution in [1.82, 2.24) is 9.78 Å². The molecule has 1 heterocycles. The highest BCUT2D eigenvalue weighted by molar-refractivity contribution is 6.31. The maximum Gasteiger partial charge on any atom is 0.0716 e. The largest absolute Gasteiger partial charge is 0.300 e. The highest BCUT2D eigenvalue weighted by Gasteiger charge is 2.06. The molecule has 0 unspecified atom stereocenters. The summed E-state index contributed by atoms with van der Waals surface area (Å²) in [5, 5.41) is 12.6. The van der Waals surface area contributed by atoms with Crippen molar-refractivity contribution in [3.8, 4) is 0 Å². The summed E-state index contributed by atoms with van der Waals surface area (Å²) in [5.41, 5.74) is 2.03. The lowest BCUT2D eigenvalue weighted by molar-refractivity contribution is 0.767. The van der Waals surface area contributed by atoms with Crippen LogP contribution in [-0.2, 0) is 7.05 Å². The summed E-state index contributed by atoms with van der Waals surface area (Å²) in [6.45, 7) is 0. The van der Waals surface area contributed by atoms with Crippen LogP contribution in [0.4, 0.5) is 0 Å². The van der Waals surface area contributed by atoms with E-state index in [9.17, 15) is 0 Å². The molecule has 15 heavy (non-hydrogen) atoms. The van der Waals surface area contributed by atoms with E-state index >= 15 is 0 Å². The lowest BCUT2D eigenvalue weighted by Gasteiger charge is -2.01. The lowest BCUT2D eigenvalue weighted by Crippen LogP contribution is -1.99. The molecule has 0 fully saturated rings. The summed E-state index contributed by atoms with van der Waals surface area (Å²) in [6.07, 6.45) is 3.48. The summed E-state index contributed by atoms with van der Waals surface area (Å²) >= 11 is 5.86. The van der Waals surface area contributed by atoms with Gasteiger partial charge in [-0.25, -0.2) is 0 Å². The van der Waals surface area contributed by atoms with Gasteiger partial charge >= 0.3 is 0 Å². The first-order valence-corrected chi connectivity index (χ1v) is 4.88. The molecular formula is C11H10ClN3. The van der Waals surface area contributed by atoms with Gasteiger partial charge in [0, 0.05) is 29.4 Å². The van der Waals surface area contributed by atoms with Crippen molar-refractivity contribution in [3.63, 3.8) is 0 Å². The predicted molar refractivity (Wildman–Crippen MR) is 60.6 cm³/mol. The number of halogens is 1. The van der Waals surface area contributed by atoms with Crippen molar-refractivity contribution in [2.45, 2.75) is 0 Å². The third kappa shape index (κ3) is 2.07. The van der Waals surface area contributed by atoms with Gasteiger partial charge in [-0.05, 0) is 12.1 Å². The number of hydrogen-bond donors (Lipinski definition) is 1. The van der Waals surface area contributed by atoms with E-state index in [1.807, 2.05) is 25.4 Å². The lowest BCUT2D eigenvalue weighted by atomic mass is 10.1. The first-order valence-electron chi connectivity index (χ1n) is 4.50. The van der Waals surface area contributed by atoms with E-state index in [4.69, 9.17) is 17.0 Å².